The maximum atomic E-state index is 4.48. The molecule has 13 heavy (non-hydrogen) atoms. The van der Waals surface area contributed by atoms with Crippen LogP contribution in [-0.4, -0.2) is 15.9 Å². The molecule has 2 rings (SSSR count). The van der Waals surface area contributed by atoms with E-state index in [-0.39, 0.29) is 0 Å². The molecular formula is C9H15N3S. The summed E-state index contributed by atoms with van der Waals surface area (Å²) in [6, 6.07) is 0. The average molecular weight is 197 g/mol. The summed E-state index contributed by atoms with van der Waals surface area (Å²) in [6.07, 6.45) is 5.26. The maximum absolute atomic E-state index is 4.48. The minimum atomic E-state index is 0.642. The molecule has 1 aromatic rings. The van der Waals surface area contributed by atoms with Gasteiger partial charge in [0.1, 0.15) is 5.82 Å². The number of nitrogens with one attached hydrogen (secondary N) is 1. The zero-order chi connectivity index (χ0) is 9.10. The third-order valence-electron chi connectivity index (χ3n) is 2.49. The van der Waals surface area contributed by atoms with Crippen LogP contribution in [0.4, 0.5) is 5.13 Å². The van der Waals surface area contributed by atoms with Gasteiger partial charge in [-0.2, -0.15) is 4.37 Å². The van der Waals surface area contributed by atoms with Crippen molar-refractivity contribution in [2.45, 2.75) is 38.5 Å². The van der Waals surface area contributed by atoms with E-state index in [2.05, 4.69) is 21.6 Å². The molecule has 0 spiro atoms. The Morgan fingerprint density at radius 2 is 2.23 bits per heavy atom. The van der Waals surface area contributed by atoms with Crippen LogP contribution in [0.15, 0.2) is 0 Å². The van der Waals surface area contributed by atoms with Crippen LogP contribution in [-0.2, 0) is 0 Å². The van der Waals surface area contributed by atoms with Gasteiger partial charge in [-0.25, -0.2) is 4.98 Å². The largest absolute Gasteiger partial charge is 0.361 e. The summed E-state index contributed by atoms with van der Waals surface area (Å²) >= 11 is 1.49. The Labute approximate surface area is 82.8 Å². The lowest BCUT2D eigenvalue weighted by Crippen LogP contribution is -1.98. The molecule has 1 aliphatic rings. The molecule has 1 fully saturated rings. The van der Waals surface area contributed by atoms with Crippen molar-refractivity contribution in [1.29, 1.82) is 0 Å². The van der Waals surface area contributed by atoms with Crippen molar-refractivity contribution in [2.75, 3.05) is 11.9 Å². The van der Waals surface area contributed by atoms with Crippen molar-refractivity contribution < 1.29 is 0 Å². The zero-order valence-electron chi connectivity index (χ0n) is 7.92. The van der Waals surface area contributed by atoms with Gasteiger partial charge >= 0.3 is 0 Å². The lowest BCUT2D eigenvalue weighted by molar-refractivity contribution is 0.682. The molecule has 0 aromatic carbocycles. The van der Waals surface area contributed by atoms with Crippen LogP contribution in [0.2, 0.25) is 0 Å². The standard InChI is InChI=1S/C9H15N3S/c1-2-10-9-11-8(12-13-9)7-5-3-4-6-7/h7H,2-6H2,1H3,(H,10,11,12). The fourth-order valence-corrected chi connectivity index (χ4v) is 2.52. The van der Waals surface area contributed by atoms with E-state index < -0.39 is 0 Å². The minimum absolute atomic E-state index is 0.642. The Morgan fingerprint density at radius 3 is 2.92 bits per heavy atom. The Kier molecular flexibility index (Phi) is 2.78. The van der Waals surface area contributed by atoms with Gasteiger partial charge in [0.15, 0.2) is 0 Å². The third kappa shape index (κ3) is 1.99. The first-order valence-electron chi connectivity index (χ1n) is 4.97. The molecule has 0 bridgehead atoms. The van der Waals surface area contributed by atoms with E-state index in [1.807, 2.05) is 0 Å². The van der Waals surface area contributed by atoms with Gasteiger partial charge in [0, 0.05) is 24.0 Å². The van der Waals surface area contributed by atoms with Crippen molar-refractivity contribution in [1.82, 2.24) is 9.36 Å². The van der Waals surface area contributed by atoms with Crippen LogP contribution in [0.5, 0.6) is 0 Å². The second-order valence-electron chi connectivity index (χ2n) is 3.47. The summed E-state index contributed by atoms with van der Waals surface area (Å²) in [6.45, 7) is 3.01. The van der Waals surface area contributed by atoms with Gasteiger partial charge in [-0.05, 0) is 19.8 Å². The van der Waals surface area contributed by atoms with Gasteiger partial charge in [0.2, 0.25) is 5.13 Å². The lowest BCUT2D eigenvalue weighted by Gasteiger charge is -2.01. The highest BCUT2D eigenvalue weighted by atomic mass is 32.1. The molecule has 1 aromatic heterocycles. The first kappa shape index (κ1) is 8.94. The molecule has 0 amide bonds. The Hall–Kier alpha value is -0.640. The molecule has 72 valence electrons. The molecule has 0 atom stereocenters. The molecule has 0 saturated heterocycles. The zero-order valence-corrected chi connectivity index (χ0v) is 8.73. The third-order valence-corrected chi connectivity index (χ3v) is 3.18. The average Bonchev–Trinajstić information content (AvgIpc) is 2.70. The Morgan fingerprint density at radius 1 is 1.46 bits per heavy atom. The van der Waals surface area contributed by atoms with E-state index in [1.165, 1.54) is 37.2 Å². The number of hydrogen-bond donors (Lipinski definition) is 1. The fraction of sp³-hybridized carbons (Fsp3) is 0.778. The van der Waals surface area contributed by atoms with Gasteiger partial charge in [-0.3, -0.25) is 0 Å². The van der Waals surface area contributed by atoms with Crippen molar-refractivity contribution in [3.8, 4) is 0 Å². The maximum Gasteiger partial charge on any atom is 0.202 e. The molecule has 1 heterocycles. The molecule has 1 aliphatic carbocycles. The summed E-state index contributed by atoms with van der Waals surface area (Å²) in [5.41, 5.74) is 0. The summed E-state index contributed by atoms with van der Waals surface area (Å²) in [5, 5.41) is 4.17. The van der Waals surface area contributed by atoms with Crippen LogP contribution >= 0.6 is 11.5 Å². The highest BCUT2D eigenvalue weighted by Gasteiger charge is 2.20. The minimum Gasteiger partial charge on any atom is -0.361 e. The number of anilines is 1. The Balaban J connectivity index is 2.03. The van der Waals surface area contributed by atoms with Crippen molar-refractivity contribution >= 4 is 16.7 Å². The number of nitrogens with zero attached hydrogens (tertiary/aromatic N) is 2. The molecule has 3 nitrogen and oxygen atoms in total. The predicted octanol–water partition coefficient (Wildman–Crippen LogP) is 2.63. The fourth-order valence-electron chi connectivity index (χ4n) is 1.81. The normalized spacial score (nSPS) is 17.9. The first-order chi connectivity index (χ1) is 6.40. The second kappa shape index (κ2) is 4.05. The van der Waals surface area contributed by atoms with E-state index in [0.717, 1.165) is 17.5 Å². The topological polar surface area (TPSA) is 37.8 Å². The van der Waals surface area contributed by atoms with E-state index in [1.54, 1.807) is 0 Å². The summed E-state index contributed by atoms with van der Waals surface area (Å²) in [5.74, 6) is 1.71. The highest BCUT2D eigenvalue weighted by Crippen LogP contribution is 2.33. The number of aromatic nitrogens is 2. The quantitative estimate of drug-likeness (QED) is 0.809. The monoisotopic (exact) mass is 197 g/mol. The molecular weight excluding hydrogens is 182 g/mol. The van der Waals surface area contributed by atoms with Gasteiger partial charge in [0.05, 0.1) is 0 Å². The smallest absolute Gasteiger partial charge is 0.202 e. The van der Waals surface area contributed by atoms with Crippen LogP contribution in [0.1, 0.15) is 44.3 Å². The van der Waals surface area contributed by atoms with Gasteiger partial charge in [-0.1, -0.05) is 12.8 Å². The van der Waals surface area contributed by atoms with Crippen molar-refractivity contribution in [2.24, 2.45) is 0 Å². The molecule has 1 N–H and O–H groups in total. The van der Waals surface area contributed by atoms with Gasteiger partial charge in [0.25, 0.3) is 0 Å². The van der Waals surface area contributed by atoms with E-state index in [9.17, 15) is 0 Å². The molecule has 4 heteroatoms. The SMILES string of the molecule is CCNc1nc(C2CCCC2)ns1. The molecule has 0 unspecified atom stereocenters. The molecule has 0 radical (unpaired) electrons. The van der Waals surface area contributed by atoms with E-state index in [4.69, 9.17) is 0 Å². The van der Waals surface area contributed by atoms with Crippen molar-refractivity contribution in [3.63, 3.8) is 0 Å². The second-order valence-corrected chi connectivity index (χ2v) is 4.22. The molecule has 0 aliphatic heterocycles. The summed E-state index contributed by atoms with van der Waals surface area (Å²) in [4.78, 5) is 4.48. The van der Waals surface area contributed by atoms with Crippen LogP contribution in [0.25, 0.3) is 0 Å². The molecule has 1 saturated carbocycles. The van der Waals surface area contributed by atoms with E-state index >= 15 is 0 Å². The van der Waals surface area contributed by atoms with Crippen LogP contribution in [0.3, 0.4) is 0 Å². The summed E-state index contributed by atoms with van der Waals surface area (Å²) < 4.78 is 4.38. The van der Waals surface area contributed by atoms with Crippen LogP contribution in [0, 0.1) is 0 Å². The summed E-state index contributed by atoms with van der Waals surface area (Å²) in [7, 11) is 0. The van der Waals surface area contributed by atoms with Crippen LogP contribution < -0.4 is 5.32 Å². The van der Waals surface area contributed by atoms with Gasteiger partial charge < -0.3 is 5.32 Å². The van der Waals surface area contributed by atoms with Gasteiger partial charge in [-0.15, -0.1) is 0 Å². The first-order valence-corrected chi connectivity index (χ1v) is 5.75. The Bertz CT molecular complexity index is 266. The number of rotatable bonds is 3. The lowest BCUT2D eigenvalue weighted by atomic mass is 10.1. The number of hydrogen-bond acceptors (Lipinski definition) is 4. The predicted molar refractivity (Wildman–Crippen MR) is 55.3 cm³/mol. The van der Waals surface area contributed by atoms with E-state index in [0.29, 0.717) is 5.92 Å². The highest BCUT2D eigenvalue weighted by molar-refractivity contribution is 7.09. The van der Waals surface area contributed by atoms with Crippen molar-refractivity contribution in [3.05, 3.63) is 5.82 Å².